The molecular formula is C25H29N3O3. The van der Waals surface area contributed by atoms with Gasteiger partial charge in [-0.1, -0.05) is 24.3 Å². The molecule has 1 atom stereocenters. The first-order valence-electron chi connectivity index (χ1n) is 10.6. The highest BCUT2D eigenvalue weighted by Crippen LogP contribution is 2.25. The van der Waals surface area contributed by atoms with E-state index in [0.717, 1.165) is 41.2 Å². The van der Waals surface area contributed by atoms with Crippen molar-refractivity contribution in [3.05, 3.63) is 83.8 Å². The van der Waals surface area contributed by atoms with Gasteiger partial charge in [0, 0.05) is 31.6 Å². The predicted octanol–water partition coefficient (Wildman–Crippen LogP) is 4.42. The number of nitrogens with zero attached hydrogens (tertiary/aromatic N) is 2. The minimum atomic E-state index is -0.188. The molecule has 0 saturated carbocycles. The number of benzene rings is 1. The Labute approximate surface area is 183 Å². The number of hydrogen-bond donors (Lipinski definition) is 1. The predicted molar refractivity (Wildman–Crippen MR) is 121 cm³/mol. The standard InChI is InChI=1S/C25H29N3O3/c1-3-30-25(29)17-21(20-6-5-14-27-18-20)16-19-9-11-23(12-10-19)31-15-13-22-7-4-8-24(26-2)28-22/h4-12,14,18,21H,3,13,15-17H2,1-2H3,(H,26,28). The van der Waals surface area contributed by atoms with Gasteiger partial charge in [-0.25, -0.2) is 4.98 Å². The van der Waals surface area contributed by atoms with Gasteiger partial charge in [0.2, 0.25) is 0 Å². The summed E-state index contributed by atoms with van der Waals surface area (Å²) in [6.07, 6.45) is 5.35. The second-order valence-corrected chi connectivity index (χ2v) is 7.20. The van der Waals surface area contributed by atoms with Gasteiger partial charge < -0.3 is 14.8 Å². The molecule has 0 spiro atoms. The lowest BCUT2D eigenvalue weighted by atomic mass is 9.90. The molecule has 0 saturated heterocycles. The van der Waals surface area contributed by atoms with E-state index >= 15 is 0 Å². The summed E-state index contributed by atoms with van der Waals surface area (Å²) in [5.74, 6) is 1.50. The molecule has 0 aliphatic heterocycles. The van der Waals surface area contributed by atoms with Crippen LogP contribution >= 0.6 is 0 Å². The van der Waals surface area contributed by atoms with Crippen molar-refractivity contribution in [1.29, 1.82) is 0 Å². The lowest BCUT2D eigenvalue weighted by Crippen LogP contribution is -2.13. The highest BCUT2D eigenvalue weighted by atomic mass is 16.5. The average Bonchev–Trinajstić information content (AvgIpc) is 2.80. The van der Waals surface area contributed by atoms with E-state index in [1.807, 2.05) is 74.8 Å². The number of pyridine rings is 2. The van der Waals surface area contributed by atoms with Gasteiger partial charge in [-0.05, 0) is 60.7 Å². The van der Waals surface area contributed by atoms with Crippen molar-refractivity contribution in [2.45, 2.75) is 32.1 Å². The third-order valence-corrected chi connectivity index (χ3v) is 4.97. The fourth-order valence-electron chi connectivity index (χ4n) is 3.38. The van der Waals surface area contributed by atoms with Gasteiger partial charge in [-0.15, -0.1) is 0 Å². The van der Waals surface area contributed by atoms with Crippen molar-refractivity contribution in [2.75, 3.05) is 25.6 Å². The number of carbonyl (C=O) groups excluding carboxylic acids is 1. The topological polar surface area (TPSA) is 73.3 Å². The van der Waals surface area contributed by atoms with Crippen LogP contribution in [-0.4, -0.2) is 36.2 Å². The van der Waals surface area contributed by atoms with Crippen LogP contribution < -0.4 is 10.1 Å². The second kappa shape index (κ2) is 11.7. The molecule has 162 valence electrons. The van der Waals surface area contributed by atoms with Crippen molar-refractivity contribution < 1.29 is 14.3 Å². The molecule has 0 bridgehead atoms. The molecule has 1 N–H and O–H groups in total. The molecule has 6 heteroatoms. The minimum absolute atomic E-state index is 0.0186. The number of anilines is 1. The molecule has 2 heterocycles. The molecule has 3 aromatic rings. The summed E-state index contributed by atoms with van der Waals surface area (Å²) >= 11 is 0. The number of aromatic nitrogens is 2. The van der Waals surface area contributed by atoms with E-state index in [9.17, 15) is 4.79 Å². The first kappa shape index (κ1) is 22.3. The van der Waals surface area contributed by atoms with Crippen LogP contribution in [0.1, 0.15) is 36.1 Å². The Bertz CT molecular complexity index is 946. The molecule has 2 aromatic heterocycles. The Balaban J connectivity index is 1.57. The number of ether oxygens (including phenoxy) is 2. The van der Waals surface area contributed by atoms with Gasteiger partial charge in [0.05, 0.1) is 19.6 Å². The maximum Gasteiger partial charge on any atom is 0.306 e. The Hall–Kier alpha value is -3.41. The van der Waals surface area contributed by atoms with Gasteiger partial charge in [-0.2, -0.15) is 0 Å². The number of hydrogen-bond acceptors (Lipinski definition) is 6. The lowest BCUT2D eigenvalue weighted by Gasteiger charge is -2.17. The average molecular weight is 420 g/mol. The molecule has 0 fully saturated rings. The summed E-state index contributed by atoms with van der Waals surface area (Å²) in [6.45, 7) is 2.77. The van der Waals surface area contributed by atoms with Gasteiger partial charge >= 0.3 is 5.97 Å². The highest BCUT2D eigenvalue weighted by Gasteiger charge is 2.18. The van der Waals surface area contributed by atoms with Gasteiger partial charge in [0.15, 0.2) is 0 Å². The van der Waals surface area contributed by atoms with E-state index in [1.54, 1.807) is 6.20 Å². The third kappa shape index (κ3) is 7.10. The van der Waals surface area contributed by atoms with E-state index in [-0.39, 0.29) is 11.9 Å². The van der Waals surface area contributed by atoms with E-state index in [4.69, 9.17) is 9.47 Å². The molecular weight excluding hydrogens is 390 g/mol. The van der Waals surface area contributed by atoms with Gasteiger partial charge in [0.1, 0.15) is 11.6 Å². The maximum atomic E-state index is 12.1. The summed E-state index contributed by atoms with van der Waals surface area (Å²) in [5, 5.41) is 3.04. The maximum absolute atomic E-state index is 12.1. The van der Waals surface area contributed by atoms with Gasteiger partial charge in [0.25, 0.3) is 0 Å². The monoisotopic (exact) mass is 419 g/mol. The first-order chi connectivity index (χ1) is 15.2. The summed E-state index contributed by atoms with van der Waals surface area (Å²) in [4.78, 5) is 20.8. The number of carbonyl (C=O) groups is 1. The molecule has 6 nitrogen and oxygen atoms in total. The molecule has 1 unspecified atom stereocenters. The fraction of sp³-hybridized carbons (Fsp3) is 0.320. The van der Waals surface area contributed by atoms with Crippen LogP contribution in [0, 0.1) is 0 Å². The van der Waals surface area contributed by atoms with Crippen molar-refractivity contribution >= 4 is 11.8 Å². The second-order valence-electron chi connectivity index (χ2n) is 7.20. The fourth-order valence-corrected chi connectivity index (χ4v) is 3.38. The Kier molecular flexibility index (Phi) is 8.40. The number of rotatable bonds is 11. The van der Waals surface area contributed by atoms with Crippen molar-refractivity contribution in [1.82, 2.24) is 9.97 Å². The molecule has 0 amide bonds. The van der Waals surface area contributed by atoms with E-state index in [2.05, 4.69) is 15.3 Å². The number of nitrogens with one attached hydrogen (secondary N) is 1. The SMILES string of the molecule is CCOC(=O)CC(Cc1ccc(OCCc2cccc(NC)n2)cc1)c1cccnc1. The quantitative estimate of drug-likeness (QED) is 0.464. The molecule has 31 heavy (non-hydrogen) atoms. The molecule has 0 radical (unpaired) electrons. The molecule has 0 aliphatic carbocycles. The Morgan fingerprint density at radius 1 is 1.10 bits per heavy atom. The minimum Gasteiger partial charge on any atom is -0.493 e. The Morgan fingerprint density at radius 3 is 2.65 bits per heavy atom. The van der Waals surface area contributed by atoms with Crippen LogP contribution in [-0.2, 0) is 22.4 Å². The first-order valence-corrected chi connectivity index (χ1v) is 10.6. The van der Waals surface area contributed by atoms with Crippen LogP contribution in [0.15, 0.2) is 67.0 Å². The smallest absolute Gasteiger partial charge is 0.306 e. The van der Waals surface area contributed by atoms with Crippen molar-refractivity contribution in [3.8, 4) is 5.75 Å². The van der Waals surface area contributed by atoms with Crippen LogP contribution in [0.2, 0.25) is 0 Å². The van der Waals surface area contributed by atoms with E-state index in [0.29, 0.717) is 19.6 Å². The highest BCUT2D eigenvalue weighted by molar-refractivity contribution is 5.70. The normalized spacial score (nSPS) is 11.5. The molecule has 1 aromatic carbocycles. The van der Waals surface area contributed by atoms with Crippen LogP contribution in [0.3, 0.4) is 0 Å². The lowest BCUT2D eigenvalue weighted by molar-refractivity contribution is -0.143. The van der Waals surface area contributed by atoms with Gasteiger partial charge in [-0.3, -0.25) is 9.78 Å². The third-order valence-electron chi connectivity index (χ3n) is 4.97. The van der Waals surface area contributed by atoms with E-state index < -0.39 is 0 Å². The summed E-state index contributed by atoms with van der Waals surface area (Å²) in [6, 6.07) is 17.8. The van der Waals surface area contributed by atoms with Crippen molar-refractivity contribution in [3.63, 3.8) is 0 Å². The summed E-state index contributed by atoms with van der Waals surface area (Å²) in [7, 11) is 1.86. The van der Waals surface area contributed by atoms with Crippen molar-refractivity contribution in [2.24, 2.45) is 0 Å². The zero-order chi connectivity index (χ0) is 21.9. The zero-order valence-corrected chi connectivity index (χ0v) is 18.1. The Morgan fingerprint density at radius 2 is 1.94 bits per heavy atom. The van der Waals surface area contributed by atoms with Crippen LogP contribution in [0.25, 0.3) is 0 Å². The summed E-state index contributed by atoms with van der Waals surface area (Å²) in [5.41, 5.74) is 3.16. The van der Waals surface area contributed by atoms with E-state index in [1.165, 1.54) is 0 Å². The largest absolute Gasteiger partial charge is 0.493 e. The summed E-state index contributed by atoms with van der Waals surface area (Å²) < 4.78 is 11.0. The molecule has 3 rings (SSSR count). The number of esters is 1. The molecule has 0 aliphatic rings. The van der Waals surface area contributed by atoms with Crippen LogP contribution in [0.5, 0.6) is 5.75 Å². The zero-order valence-electron chi connectivity index (χ0n) is 18.1. The van der Waals surface area contributed by atoms with Crippen LogP contribution in [0.4, 0.5) is 5.82 Å².